The Morgan fingerprint density at radius 1 is 1.15 bits per heavy atom. The monoisotopic (exact) mass is 556 g/mol. The maximum atomic E-state index is 12.5. The fraction of sp³-hybridized carbons (Fsp3) is 0.516. The van der Waals surface area contributed by atoms with Gasteiger partial charge in [0.1, 0.15) is 24.5 Å². The lowest BCUT2D eigenvalue weighted by atomic mass is 9.88. The number of nitrogens with zero attached hydrogens (tertiary/aromatic N) is 1. The van der Waals surface area contributed by atoms with Gasteiger partial charge in [0.15, 0.2) is 0 Å². The average molecular weight is 557 g/mol. The van der Waals surface area contributed by atoms with Crippen molar-refractivity contribution in [2.45, 2.75) is 77.9 Å². The van der Waals surface area contributed by atoms with Gasteiger partial charge in [-0.15, -0.1) is 12.4 Å². The minimum absolute atomic E-state index is 0. The number of benzene rings is 2. The number of carbonyl (C=O) groups excluding carboxylic acids is 1. The second-order valence-corrected chi connectivity index (χ2v) is 11.4. The average Bonchev–Trinajstić information content (AvgIpc) is 3.25. The van der Waals surface area contributed by atoms with Crippen LogP contribution in [0.1, 0.15) is 69.2 Å². The number of ether oxygens (including phenoxy) is 2. The van der Waals surface area contributed by atoms with Crippen LogP contribution in [-0.4, -0.2) is 41.8 Å². The Kier molecular flexibility index (Phi) is 12.3. The number of fused-ring (bicyclic) bond motifs is 1. The van der Waals surface area contributed by atoms with Crippen LogP contribution in [0.15, 0.2) is 42.5 Å². The number of esters is 1. The van der Waals surface area contributed by atoms with Crippen molar-refractivity contribution in [1.82, 2.24) is 5.32 Å². The SMILES string of the molecule is CC(C)CC(=O)O[C@H](CNC(C)(C)CC1Cc2ccccc2C1)COc1cc(CCC(=O)O)ccc1C#N.Cl. The molecule has 0 saturated carbocycles. The molecule has 0 fully saturated rings. The van der Waals surface area contributed by atoms with Gasteiger partial charge in [0.05, 0.1) is 5.56 Å². The van der Waals surface area contributed by atoms with E-state index in [2.05, 4.69) is 49.5 Å². The summed E-state index contributed by atoms with van der Waals surface area (Å²) in [7, 11) is 0. The van der Waals surface area contributed by atoms with Crippen molar-refractivity contribution in [3.05, 3.63) is 64.7 Å². The molecular weight excluding hydrogens is 516 g/mol. The number of hydrogen-bond acceptors (Lipinski definition) is 6. The summed E-state index contributed by atoms with van der Waals surface area (Å²) in [6.45, 7) is 8.77. The Balaban J connectivity index is 0.00000533. The van der Waals surface area contributed by atoms with Gasteiger partial charge in [-0.25, -0.2) is 0 Å². The third kappa shape index (κ3) is 10.5. The number of halogens is 1. The first-order chi connectivity index (χ1) is 18.0. The second-order valence-electron chi connectivity index (χ2n) is 11.4. The van der Waals surface area contributed by atoms with Crippen LogP contribution in [0.25, 0.3) is 0 Å². The van der Waals surface area contributed by atoms with Gasteiger partial charge in [-0.3, -0.25) is 9.59 Å². The van der Waals surface area contributed by atoms with E-state index in [0.29, 0.717) is 36.6 Å². The van der Waals surface area contributed by atoms with Crippen LogP contribution in [0, 0.1) is 23.2 Å². The van der Waals surface area contributed by atoms with Crippen LogP contribution >= 0.6 is 12.4 Å². The van der Waals surface area contributed by atoms with Gasteiger partial charge in [-0.2, -0.15) is 5.26 Å². The number of aryl methyl sites for hydroxylation is 1. The number of nitriles is 1. The Morgan fingerprint density at radius 2 is 1.82 bits per heavy atom. The van der Waals surface area contributed by atoms with Gasteiger partial charge in [0, 0.05) is 24.9 Å². The smallest absolute Gasteiger partial charge is 0.306 e. The molecular formula is C31H41ClN2O5. The minimum atomic E-state index is -0.885. The lowest BCUT2D eigenvalue weighted by molar-refractivity contribution is -0.151. The Labute approximate surface area is 238 Å². The van der Waals surface area contributed by atoms with Crippen molar-refractivity contribution >= 4 is 24.3 Å². The molecule has 1 aliphatic carbocycles. The van der Waals surface area contributed by atoms with Crippen LogP contribution in [0.2, 0.25) is 0 Å². The second kappa shape index (κ2) is 14.9. The van der Waals surface area contributed by atoms with E-state index in [1.807, 2.05) is 13.8 Å². The van der Waals surface area contributed by atoms with E-state index in [1.54, 1.807) is 18.2 Å². The van der Waals surface area contributed by atoms with E-state index in [1.165, 1.54) is 11.1 Å². The van der Waals surface area contributed by atoms with E-state index >= 15 is 0 Å². The van der Waals surface area contributed by atoms with Crippen molar-refractivity contribution in [2.24, 2.45) is 11.8 Å². The Hall–Kier alpha value is -3.08. The van der Waals surface area contributed by atoms with E-state index in [9.17, 15) is 14.9 Å². The first-order valence-corrected chi connectivity index (χ1v) is 13.4. The number of carboxylic acid groups (broad SMARTS) is 1. The molecule has 8 heteroatoms. The molecule has 1 atom stereocenters. The van der Waals surface area contributed by atoms with Crippen molar-refractivity contribution in [1.29, 1.82) is 5.26 Å². The summed E-state index contributed by atoms with van der Waals surface area (Å²) in [5.74, 6) is -0.0732. The van der Waals surface area contributed by atoms with E-state index in [-0.39, 0.29) is 42.9 Å². The highest BCUT2D eigenvalue weighted by atomic mass is 35.5. The van der Waals surface area contributed by atoms with E-state index in [4.69, 9.17) is 14.6 Å². The third-order valence-electron chi connectivity index (χ3n) is 6.83. The molecule has 212 valence electrons. The van der Waals surface area contributed by atoms with Gasteiger partial charge in [0.25, 0.3) is 0 Å². The molecule has 0 aliphatic heterocycles. The number of nitrogens with one attached hydrogen (secondary N) is 1. The number of carboxylic acids is 1. The predicted molar refractivity (Wildman–Crippen MR) is 153 cm³/mol. The lowest BCUT2D eigenvalue weighted by Gasteiger charge is -2.31. The summed E-state index contributed by atoms with van der Waals surface area (Å²) >= 11 is 0. The fourth-order valence-electron chi connectivity index (χ4n) is 5.05. The molecule has 0 aromatic heterocycles. The van der Waals surface area contributed by atoms with Crippen LogP contribution in [0.3, 0.4) is 0 Å². The van der Waals surface area contributed by atoms with Gasteiger partial charge in [0.2, 0.25) is 0 Å². The third-order valence-corrected chi connectivity index (χ3v) is 6.83. The summed E-state index contributed by atoms with van der Waals surface area (Å²) in [6, 6.07) is 15.8. The highest BCUT2D eigenvalue weighted by molar-refractivity contribution is 5.85. The van der Waals surface area contributed by atoms with Crippen molar-refractivity contribution < 1.29 is 24.2 Å². The molecule has 1 aliphatic rings. The van der Waals surface area contributed by atoms with Crippen molar-refractivity contribution in [2.75, 3.05) is 13.2 Å². The summed E-state index contributed by atoms with van der Waals surface area (Å²) in [5, 5.41) is 22.1. The molecule has 0 bridgehead atoms. The highest BCUT2D eigenvalue weighted by Crippen LogP contribution is 2.32. The van der Waals surface area contributed by atoms with Crippen LogP contribution < -0.4 is 10.1 Å². The first-order valence-electron chi connectivity index (χ1n) is 13.4. The normalized spacial score (nSPS) is 13.7. The molecule has 0 spiro atoms. The summed E-state index contributed by atoms with van der Waals surface area (Å²) in [5.41, 5.74) is 3.81. The predicted octanol–water partition coefficient (Wildman–Crippen LogP) is 5.51. The van der Waals surface area contributed by atoms with Gasteiger partial charge in [-0.05, 0) is 80.2 Å². The zero-order chi connectivity index (χ0) is 27.7. The van der Waals surface area contributed by atoms with Gasteiger partial charge < -0.3 is 19.9 Å². The van der Waals surface area contributed by atoms with Crippen LogP contribution in [0.4, 0.5) is 0 Å². The summed E-state index contributed by atoms with van der Waals surface area (Å²) in [6.07, 6.45) is 3.24. The zero-order valence-electron chi connectivity index (χ0n) is 23.4. The Morgan fingerprint density at radius 3 is 2.41 bits per heavy atom. The maximum Gasteiger partial charge on any atom is 0.306 e. The first kappa shape index (κ1) is 32.1. The molecule has 3 rings (SSSR count). The minimum Gasteiger partial charge on any atom is -0.488 e. The molecule has 7 nitrogen and oxygen atoms in total. The molecule has 0 saturated heterocycles. The molecule has 0 amide bonds. The number of aliphatic carboxylic acids is 1. The van der Waals surface area contributed by atoms with E-state index in [0.717, 1.165) is 24.8 Å². The molecule has 2 N–H and O–H groups in total. The quantitative estimate of drug-likeness (QED) is 0.295. The topological polar surface area (TPSA) is 109 Å². The lowest BCUT2D eigenvalue weighted by Crippen LogP contribution is -2.47. The molecule has 2 aromatic rings. The molecule has 0 radical (unpaired) electrons. The molecule has 2 aromatic carbocycles. The number of carbonyl (C=O) groups is 2. The van der Waals surface area contributed by atoms with Gasteiger partial charge >= 0.3 is 11.9 Å². The summed E-state index contributed by atoms with van der Waals surface area (Å²) in [4.78, 5) is 23.5. The largest absolute Gasteiger partial charge is 0.488 e. The Bertz CT molecular complexity index is 1130. The number of hydrogen-bond donors (Lipinski definition) is 2. The molecule has 0 unspecified atom stereocenters. The summed E-state index contributed by atoms with van der Waals surface area (Å²) < 4.78 is 11.8. The zero-order valence-corrected chi connectivity index (χ0v) is 24.2. The van der Waals surface area contributed by atoms with Crippen molar-refractivity contribution in [3.8, 4) is 11.8 Å². The number of rotatable bonds is 14. The molecule has 39 heavy (non-hydrogen) atoms. The highest BCUT2D eigenvalue weighted by Gasteiger charge is 2.29. The standard InChI is InChI=1S/C31H40N2O5.ClH/c1-21(2)13-30(36)38-27(20-37-28-16-22(10-12-29(34)35)9-11-26(28)18-32)19-33-31(3,4)17-23-14-24-7-5-6-8-25(24)15-23;/h5-9,11,16,21,23,27,33H,10,12-15,17,19-20H2,1-4H3,(H,34,35);1H/t27-;/m1./s1. The van der Waals surface area contributed by atoms with Crippen molar-refractivity contribution in [3.63, 3.8) is 0 Å². The van der Waals surface area contributed by atoms with Crippen LogP contribution in [-0.2, 0) is 33.6 Å². The maximum absolute atomic E-state index is 12.5. The molecule has 0 heterocycles. The van der Waals surface area contributed by atoms with Crippen LogP contribution in [0.5, 0.6) is 5.75 Å². The fourth-order valence-corrected chi connectivity index (χ4v) is 5.05. The van der Waals surface area contributed by atoms with E-state index < -0.39 is 12.1 Å². The van der Waals surface area contributed by atoms with Gasteiger partial charge in [-0.1, -0.05) is 44.2 Å².